The number of ether oxygens (including phenoxy) is 1. The van der Waals surface area contributed by atoms with Crippen LogP contribution in [0.25, 0.3) is 0 Å². The highest BCUT2D eigenvalue weighted by atomic mass is 32.2. The first-order chi connectivity index (χ1) is 12.6. The summed E-state index contributed by atoms with van der Waals surface area (Å²) in [4.78, 5) is 25.5. The van der Waals surface area contributed by atoms with Gasteiger partial charge in [-0.15, -0.1) is 11.8 Å². The summed E-state index contributed by atoms with van der Waals surface area (Å²) in [5.41, 5.74) is 7.00. The fourth-order valence-electron chi connectivity index (χ4n) is 2.15. The Morgan fingerprint density at radius 2 is 1.81 bits per heavy atom. The van der Waals surface area contributed by atoms with Crippen molar-refractivity contribution >= 4 is 35.3 Å². The number of carbonyl (C=O) groups is 1. The molecule has 0 amide bonds. The molecule has 26 heavy (non-hydrogen) atoms. The van der Waals surface area contributed by atoms with Gasteiger partial charge in [0.2, 0.25) is 11.9 Å². The van der Waals surface area contributed by atoms with Crippen molar-refractivity contribution in [3.8, 4) is 0 Å². The van der Waals surface area contributed by atoms with Gasteiger partial charge in [0.25, 0.3) is 0 Å². The summed E-state index contributed by atoms with van der Waals surface area (Å²) in [5, 5.41) is 3.03. The Labute approximate surface area is 155 Å². The highest BCUT2D eigenvalue weighted by molar-refractivity contribution is 7.98. The zero-order valence-electron chi connectivity index (χ0n) is 14.0. The highest BCUT2D eigenvalue weighted by Crippen LogP contribution is 2.16. The SMILES string of the molecule is CSc1ccc(C(=O)OCc2nc(N)nc(Nc3ccccc3)n2)cc1. The molecule has 0 fully saturated rings. The van der Waals surface area contributed by atoms with E-state index in [1.165, 1.54) is 0 Å². The van der Waals surface area contributed by atoms with E-state index in [1.807, 2.05) is 48.7 Å². The van der Waals surface area contributed by atoms with Crippen LogP contribution in [-0.2, 0) is 11.3 Å². The van der Waals surface area contributed by atoms with Crippen molar-refractivity contribution in [1.29, 1.82) is 0 Å². The van der Waals surface area contributed by atoms with E-state index in [0.717, 1.165) is 10.6 Å². The van der Waals surface area contributed by atoms with Crippen LogP contribution in [0.1, 0.15) is 16.2 Å². The maximum atomic E-state index is 12.1. The molecular formula is C18H17N5O2S. The molecule has 0 unspecified atom stereocenters. The average Bonchev–Trinajstić information content (AvgIpc) is 2.66. The van der Waals surface area contributed by atoms with Crippen LogP contribution in [0, 0.1) is 0 Å². The van der Waals surface area contributed by atoms with Crippen molar-refractivity contribution in [2.75, 3.05) is 17.3 Å². The Hall–Kier alpha value is -3.13. The van der Waals surface area contributed by atoms with E-state index in [4.69, 9.17) is 10.5 Å². The standard InChI is InChI=1S/C18H17N5O2S/c1-26-14-9-7-12(8-10-14)16(24)25-11-15-21-17(19)23-18(22-15)20-13-5-3-2-4-6-13/h2-10H,11H2,1H3,(H3,19,20,21,22,23). The summed E-state index contributed by atoms with van der Waals surface area (Å²) in [7, 11) is 0. The van der Waals surface area contributed by atoms with Crippen LogP contribution >= 0.6 is 11.8 Å². The summed E-state index contributed by atoms with van der Waals surface area (Å²) in [6.07, 6.45) is 1.97. The third-order valence-corrected chi connectivity index (χ3v) is 4.13. The first kappa shape index (κ1) is 17.7. The molecule has 0 saturated heterocycles. The van der Waals surface area contributed by atoms with E-state index < -0.39 is 5.97 Å². The lowest BCUT2D eigenvalue weighted by Gasteiger charge is -2.08. The van der Waals surface area contributed by atoms with Gasteiger partial charge in [0, 0.05) is 10.6 Å². The largest absolute Gasteiger partial charge is 0.454 e. The number of nitrogens with one attached hydrogen (secondary N) is 1. The predicted molar refractivity (Wildman–Crippen MR) is 101 cm³/mol. The van der Waals surface area contributed by atoms with Crippen LogP contribution in [0.3, 0.4) is 0 Å². The molecule has 0 radical (unpaired) electrons. The lowest BCUT2D eigenvalue weighted by atomic mass is 10.2. The summed E-state index contributed by atoms with van der Waals surface area (Å²) in [6.45, 7) is -0.0979. The van der Waals surface area contributed by atoms with Crippen LogP contribution < -0.4 is 11.1 Å². The minimum absolute atomic E-state index is 0.0498. The predicted octanol–water partition coefficient (Wildman–Crippen LogP) is 3.28. The molecule has 7 nitrogen and oxygen atoms in total. The number of rotatable bonds is 6. The van der Waals surface area contributed by atoms with E-state index in [9.17, 15) is 4.79 Å². The molecule has 0 spiro atoms. The van der Waals surface area contributed by atoms with Gasteiger partial charge in [-0.1, -0.05) is 18.2 Å². The Morgan fingerprint density at radius 3 is 2.50 bits per heavy atom. The van der Waals surface area contributed by atoms with Gasteiger partial charge < -0.3 is 15.8 Å². The molecular weight excluding hydrogens is 350 g/mol. The van der Waals surface area contributed by atoms with Crippen LogP contribution in [0.5, 0.6) is 0 Å². The van der Waals surface area contributed by atoms with E-state index in [1.54, 1.807) is 23.9 Å². The van der Waals surface area contributed by atoms with Gasteiger partial charge in [0.05, 0.1) is 5.56 Å². The number of hydrogen-bond acceptors (Lipinski definition) is 8. The van der Waals surface area contributed by atoms with Crippen molar-refractivity contribution < 1.29 is 9.53 Å². The lowest BCUT2D eigenvalue weighted by molar-refractivity contribution is 0.0462. The number of nitrogen functional groups attached to an aromatic ring is 1. The van der Waals surface area contributed by atoms with Gasteiger partial charge in [-0.3, -0.25) is 0 Å². The van der Waals surface area contributed by atoms with Gasteiger partial charge in [-0.05, 0) is 42.7 Å². The zero-order valence-corrected chi connectivity index (χ0v) is 14.9. The summed E-state index contributed by atoms with van der Waals surface area (Å²) >= 11 is 1.60. The van der Waals surface area contributed by atoms with Crippen molar-refractivity contribution in [3.63, 3.8) is 0 Å². The number of nitrogens with zero attached hydrogens (tertiary/aromatic N) is 3. The summed E-state index contributed by atoms with van der Waals surface area (Å²) in [5.74, 6) is 0.159. The van der Waals surface area contributed by atoms with Crippen molar-refractivity contribution in [3.05, 3.63) is 66.0 Å². The number of carbonyl (C=O) groups excluding carboxylic acids is 1. The van der Waals surface area contributed by atoms with E-state index in [2.05, 4.69) is 20.3 Å². The van der Waals surface area contributed by atoms with Gasteiger partial charge in [-0.2, -0.15) is 15.0 Å². The van der Waals surface area contributed by atoms with Crippen LogP contribution in [0.4, 0.5) is 17.6 Å². The summed E-state index contributed by atoms with van der Waals surface area (Å²) in [6, 6.07) is 16.6. The Morgan fingerprint density at radius 1 is 1.08 bits per heavy atom. The van der Waals surface area contributed by atoms with E-state index >= 15 is 0 Å². The number of esters is 1. The molecule has 1 heterocycles. The lowest BCUT2D eigenvalue weighted by Crippen LogP contribution is -2.11. The molecule has 3 aromatic rings. The van der Waals surface area contributed by atoms with Crippen molar-refractivity contribution in [1.82, 2.24) is 15.0 Å². The third kappa shape index (κ3) is 4.70. The number of aromatic nitrogens is 3. The Balaban J connectivity index is 1.66. The number of thioether (sulfide) groups is 1. The van der Waals surface area contributed by atoms with Gasteiger partial charge in [0.1, 0.15) is 0 Å². The number of anilines is 3. The van der Waals surface area contributed by atoms with Gasteiger partial charge >= 0.3 is 5.97 Å². The second kappa shape index (κ2) is 8.30. The molecule has 132 valence electrons. The Bertz CT molecular complexity index is 888. The second-order valence-electron chi connectivity index (χ2n) is 5.23. The topological polar surface area (TPSA) is 103 Å². The number of benzene rings is 2. The minimum atomic E-state index is -0.450. The molecule has 8 heteroatoms. The van der Waals surface area contributed by atoms with Crippen molar-refractivity contribution in [2.24, 2.45) is 0 Å². The fourth-order valence-corrected chi connectivity index (χ4v) is 2.56. The normalized spacial score (nSPS) is 10.3. The first-order valence-corrected chi connectivity index (χ1v) is 9.00. The molecule has 0 atom stereocenters. The quantitative estimate of drug-likeness (QED) is 0.505. The minimum Gasteiger partial charge on any atom is -0.454 e. The second-order valence-corrected chi connectivity index (χ2v) is 6.11. The van der Waals surface area contributed by atoms with Crippen molar-refractivity contribution in [2.45, 2.75) is 11.5 Å². The Kier molecular flexibility index (Phi) is 5.65. The summed E-state index contributed by atoms with van der Waals surface area (Å²) < 4.78 is 5.27. The van der Waals surface area contributed by atoms with E-state index in [0.29, 0.717) is 11.5 Å². The van der Waals surface area contributed by atoms with Crippen LogP contribution in [0.15, 0.2) is 59.5 Å². The molecule has 3 N–H and O–H groups in total. The smallest absolute Gasteiger partial charge is 0.338 e. The molecule has 0 aliphatic carbocycles. The molecule has 0 bridgehead atoms. The highest BCUT2D eigenvalue weighted by Gasteiger charge is 2.10. The average molecular weight is 367 g/mol. The molecule has 0 aliphatic heterocycles. The third-order valence-electron chi connectivity index (χ3n) is 3.39. The van der Waals surface area contributed by atoms with Crippen LogP contribution in [-0.4, -0.2) is 27.2 Å². The maximum absolute atomic E-state index is 12.1. The number of hydrogen-bond donors (Lipinski definition) is 2. The molecule has 3 rings (SSSR count). The van der Waals surface area contributed by atoms with Gasteiger partial charge in [-0.25, -0.2) is 4.79 Å². The number of para-hydroxylation sites is 1. The molecule has 1 aromatic heterocycles. The fraction of sp³-hybridized carbons (Fsp3) is 0.111. The molecule has 0 saturated carbocycles. The van der Waals surface area contributed by atoms with Gasteiger partial charge in [0.15, 0.2) is 12.4 Å². The van der Waals surface area contributed by atoms with E-state index in [-0.39, 0.29) is 18.4 Å². The molecule has 2 aromatic carbocycles. The number of nitrogens with two attached hydrogens (primary N) is 1. The van der Waals surface area contributed by atoms with Crippen LogP contribution in [0.2, 0.25) is 0 Å². The monoisotopic (exact) mass is 367 g/mol. The first-order valence-electron chi connectivity index (χ1n) is 7.78. The zero-order chi connectivity index (χ0) is 18.4. The molecule has 0 aliphatic rings. The maximum Gasteiger partial charge on any atom is 0.338 e.